The van der Waals surface area contributed by atoms with E-state index in [9.17, 15) is 5.11 Å². The molecule has 0 saturated heterocycles. The predicted molar refractivity (Wildman–Crippen MR) is 90.5 cm³/mol. The Balaban J connectivity index is 1.92. The van der Waals surface area contributed by atoms with Gasteiger partial charge in [0.25, 0.3) is 0 Å². The van der Waals surface area contributed by atoms with Gasteiger partial charge >= 0.3 is 0 Å². The molecule has 1 atom stereocenters. The zero-order valence-electron chi connectivity index (χ0n) is 13.2. The van der Waals surface area contributed by atoms with Gasteiger partial charge in [-0.2, -0.15) is 0 Å². The summed E-state index contributed by atoms with van der Waals surface area (Å²) in [6.07, 6.45) is -0.787. The van der Waals surface area contributed by atoms with E-state index in [0.717, 1.165) is 33.5 Å². The molecule has 0 spiro atoms. The quantitative estimate of drug-likeness (QED) is 0.675. The van der Waals surface area contributed by atoms with Crippen LogP contribution in [0.2, 0.25) is 0 Å². The zero-order chi connectivity index (χ0) is 16.4. The van der Waals surface area contributed by atoms with Crippen LogP contribution in [-0.2, 0) is 0 Å². The second-order valence-corrected chi connectivity index (χ2v) is 5.74. The van der Waals surface area contributed by atoms with E-state index in [2.05, 4.69) is 10.3 Å². The Morgan fingerprint density at radius 3 is 2.78 bits per heavy atom. The molecular formula is C18H20N2O3. The van der Waals surface area contributed by atoms with Gasteiger partial charge in [-0.15, -0.1) is 0 Å². The smallest absolute Gasteiger partial charge is 0.227 e. The number of aromatic nitrogens is 1. The Morgan fingerprint density at radius 2 is 2.00 bits per heavy atom. The van der Waals surface area contributed by atoms with Crippen molar-refractivity contribution in [2.24, 2.45) is 0 Å². The highest BCUT2D eigenvalue weighted by molar-refractivity contribution is 5.77. The number of aryl methyl sites for hydroxylation is 2. The van der Waals surface area contributed by atoms with Crippen LogP contribution in [0.3, 0.4) is 0 Å². The Bertz CT molecular complexity index is 826. The molecule has 1 unspecified atom stereocenters. The van der Waals surface area contributed by atoms with Crippen LogP contribution in [0, 0.1) is 13.8 Å². The summed E-state index contributed by atoms with van der Waals surface area (Å²) in [5.41, 5.74) is 5.52. The fraction of sp³-hybridized carbons (Fsp3) is 0.278. The molecule has 1 aromatic heterocycles. The number of fused-ring (bicyclic) bond motifs is 1. The number of anilines is 1. The van der Waals surface area contributed by atoms with Crippen LogP contribution in [0.5, 0.6) is 0 Å². The Labute approximate surface area is 134 Å². The molecular weight excluding hydrogens is 292 g/mol. The number of rotatable bonds is 5. The van der Waals surface area contributed by atoms with Crippen LogP contribution in [0.15, 0.2) is 40.8 Å². The van der Waals surface area contributed by atoms with Crippen molar-refractivity contribution in [2.45, 2.75) is 20.0 Å². The third kappa shape index (κ3) is 3.36. The van der Waals surface area contributed by atoms with Crippen molar-refractivity contribution in [3.63, 3.8) is 0 Å². The van der Waals surface area contributed by atoms with Gasteiger partial charge in [-0.1, -0.05) is 12.1 Å². The summed E-state index contributed by atoms with van der Waals surface area (Å²) in [7, 11) is 0. The second kappa shape index (κ2) is 6.40. The molecule has 1 heterocycles. The first kappa shape index (κ1) is 15.5. The first-order chi connectivity index (χ1) is 11.1. The number of oxazole rings is 1. The molecule has 0 aliphatic heterocycles. The van der Waals surface area contributed by atoms with Crippen molar-refractivity contribution < 1.29 is 14.6 Å². The second-order valence-electron chi connectivity index (χ2n) is 5.74. The van der Waals surface area contributed by atoms with E-state index in [1.165, 1.54) is 0 Å². The Kier molecular flexibility index (Phi) is 4.32. The zero-order valence-corrected chi connectivity index (χ0v) is 13.2. The van der Waals surface area contributed by atoms with Crippen molar-refractivity contribution in [1.29, 1.82) is 0 Å². The van der Waals surface area contributed by atoms with Crippen LogP contribution in [0.4, 0.5) is 5.69 Å². The van der Waals surface area contributed by atoms with Gasteiger partial charge in [0.15, 0.2) is 5.58 Å². The van der Waals surface area contributed by atoms with Gasteiger partial charge < -0.3 is 19.9 Å². The van der Waals surface area contributed by atoms with E-state index in [1.54, 1.807) is 0 Å². The molecule has 0 aliphatic rings. The number of aliphatic hydroxyl groups excluding tert-OH is 2. The summed E-state index contributed by atoms with van der Waals surface area (Å²) in [5.74, 6) is 0.566. The van der Waals surface area contributed by atoms with Crippen LogP contribution < -0.4 is 5.32 Å². The standard InChI is InChI=1S/C18H20N2O3/c1-11-3-6-15-17(7-11)23-18(20-15)13-5-4-12(2)16(8-13)19-9-14(22)10-21/h3-8,14,19,21-22H,9-10H2,1-2H3. The average Bonchev–Trinajstić information content (AvgIpc) is 2.96. The van der Waals surface area contributed by atoms with Crippen molar-refractivity contribution in [3.8, 4) is 11.5 Å². The molecule has 0 fully saturated rings. The summed E-state index contributed by atoms with van der Waals surface area (Å²) >= 11 is 0. The topological polar surface area (TPSA) is 78.5 Å². The molecule has 0 amide bonds. The van der Waals surface area contributed by atoms with Crippen molar-refractivity contribution in [2.75, 3.05) is 18.5 Å². The van der Waals surface area contributed by atoms with Gasteiger partial charge in [0, 0.05) is 17.8 Å². The summed E-state index contributed by atoms with van der Waals surface area (Å²) in [4.78, 5) is 4.52. The van der Waals surface area contributed by atoms with Crippen LogP contribution in [0.1, 0.15) is 11.1 Å². The lowest BCUT2D eigenvalue weighted by molar-refractivity contribution is 0.105. The molecule has 5 heteroatoms. The maximum Gasteiger partial charge on any atom is 0.227 e. The summed E-state index contributed by atoms with van der Waals surface area (Å²) in [6, 6.07) is 11.8. The number of hydrogen-bond acceptors (Lipinski definition) is 5. The first-order valence-corrected chi connectivity index (χ1v) is 7.58. The van der Waals surface area contributed by atoms with E-state index in [4.69, 9.17) is 9.52 Å². The predicted octanol–water partition coefficient (Wildman–Crippen LogP) is 2.88. The van der Waals surface area contributed by atoms with Gasteiger partial charge in [0.2, 0.25) is 5.89 Å². The lowest BCUT2D eigenvalue weighted by atomic mass is 10.1. The van der Waals surface area contributed by atoms with E-state index in [1.807, 2.05) is 50.2 Å². The third-order valence-corrected chi connectivity index (χ3v) is 3.77. The van der Waals surface area contributed by atoms with Crippen molar-refractivity contribution >= 4 is 16.8 Å². The average molecular weight is 312 g/mol. The minimum atomic E-state index is -0.787. The fourth-order valence-electron chi connectivity index (χ4n) is 2.39. The molecule has 23 heavy (non-hydrogen) atoms. The van der Waals surface area contributed by atoms with E-state index < -0.39 is 6.10 Å². The largest absolute Gasteiger partial charge is 0.436 e. The molecule has 3 aromatic rings. The van der Waals surface area contributed by atoms with E-state index in [-0.39, 0.29) is 13.2 Å². The van der Waals surface area contributed by atoms with Crippen LogP contribution >= 0.6 is 0 Å². The Hall–Kier alpha value is -2.37. The molecule has 0 radical (unpaired) electrons. The molecule has 5 nitrogen and oxygen atoms in total. The summed E-state index contributed by atoms with van der Waals surface area (Å²) in [6.45, 7) is 4.01. The van der Waals surface area contributed by atoms with Crippen molar-refractivity contribution in [1.82, 2.24) is 4.98 Å². The molecule has 2 aromatic carbocycles. The molecule has 0 aliphatic carbocycles. The van der Waals surface area contributed by atoms with Gasteiger partial charge in [0.05, 0.1) is 12.7 Å². The summed E-state index contributed by atoms with van der Waals surface area (Å²) < 4.78 is 5.85. The highest BCUT2D eigenvalue weighted by atomic mass is 16.3. The molecule has 3 N–H and O–H groups in total. The van der Waals surface area contributed by atoms with Gasteiger partial charge in [0.1, 0.15) is 5.52 Å². The minimum Gasteiger partial charge on any atom is -0.436 e. The molecule has 0 saturated carbocycles. The maximum absolute atomic E-state index is 9.47. The lowest BCUT2D eigenvalue weighted by Gasteiger charge is -2.13. The van der Waals surface area contributed by atoms with E-state index >= 15 is 0 Å². The first-order valence-electron chi connectivity index (χ1n) is 7.58. The normalized spacial score (nSPS) is 12.5. The monoisotopic (exact) mass is 312 g/mol. The Morgan fingerprint density at radius 1 is 1.17 bits per heavy atom. The van der Waals surface area contributed by atoms with Gasteiger partial charge in [-0.05, 0) is 49.2 Å². The molecule has 0 bridgehead atoms. The highest BCUT2D eigenvalue weighted by Crippen LogP contribution is 2.28. The fourth-order valence-corrected chi connectivity index (χ4v) is 2.39. The number of nitrogens with zero attached hydrogens (tertiary/aromatic N) is 1. The van der Waals surface area contributed by atoms with Crippen LogP contribution in [-0.4, -0.2) is 34.5 Å². The number of aliphatic hydroxyl groups is 2. The SMILES string of the molecule is Cc1ccc2nc(-c3ccc(C)c(NCC(O)CO)c3)oc2c1. The number of nitrogens with one attached hydrogen (secondary N) is 1. The number of benzene rings is 2. The lowest BCUT2D eigenvalue weighted by Crippen LogP contribution is -2.23. The molecule has 3 rings (SSSR count). The third-order valence-electron chi connectivity index (χ3n) is 3.77. The van der Waals surface area contributed by atoms with E-state index in [0.29, 0.717) is 5.89 Å². The number of hydrogen-bond donors (Lipinski definition) is 3. The van der Waals surface area contributed by atoms with Crippen molar-refractivity contribution in [3.05, 3.63) is 47.5 Å². The summed E-state index contributed by atoms with van der Waals surface area (Å²) in [5, 5.41) is 21.5. The van der Waals surface area contributed by atoms with Gasteiger partial charge in [-0.25, -0.2) is 4.98 Å². The minimum absolute atomic E-state index is 0.268. The van der Waals surface area contributed by atoms with Crippen LogP contribution in [0.25, 0.3) is 22.6 Å². The van der Waals surface area contributed by atoms with Gasteiger partial charge in [-0.3, -0.25) is 0 Å². The highest BCUT2D eigenvalue weighted by Gasteiger charge is 2.11. The maximum atomic E-state index is 9.47. The molecule has 120 valence electrons.